The summed E-state index contributed by atoms with van der Waals surface area (Å²) in [5.41, 5.74) is 7.89. The number of anilines is 1. The molecule has 0 aliphatic carbocycles. The second kappa shape index (κ2) is 10.7. The van der Waals surface area contributed by atoms with Crippen LogP contribution < -0.4 is 15.3 Å². The molecule has 0 amide bonds. The second-order valence-corrected chi connectivity index (χ2v) is 10.5. The Morgan fingerprint density at radius 1 is 1.03 bits per heavy atom. The molecular formula is C26H31N4O5P. The van der Waals surface area contributed by atoms with E-state index in [4.69, 9.17) is 19.5 Å². The van der Waals surface area contributed by atoms with Gasteiger partial charge in [0.05, 0.1) is 23.2 Å². The summed E-state index contributed by atoms with van der Waals surface area (Å²) in [6.07, 6.45) is 1.02. The largest absolute Gasteiger partial charge is 0.462 e. The molecule has 0 bridgehead atoms. The van der Waals surface area contributed by atoms with Gasteiger partial charge >= 0.3 is 13.7 Å². The van der Waals surface area contributed by atoms with Crippen LogP contribution in [-0.2, 0) is 25.2 Å². The van der Waals surface area contributed by atoms with E-state index in [1.54, 1.807) is 52.0 Å². The van der Waals surface area contributed by atoms with Crippen LogP contribution in [0.2, 0.25) is 0 Å². The molecule has 0 aliphatic heterocycles. The minimum Gasteiger partial charge on any atom is -0.462 e. The average molecular weight is 511 g/mol. The molecule has 3 N–H and O–H groups in total. The Bertz CT molecular complexity index is 1410. The van der Waals surface area contributed by atoms with Crippen LogP contribution in [0.1, 0.15) is 27.7 Å². The van der Waals surface area contributed by atoms with E-state index in [1.165, 1.54) is 0 Å². The molecule has 36 heavy (non-hydrogen) atoms. The lowest BCUT2D eigenvalue weighted by atomic mass is 10.1. The molecule has 2 aromatic heterocycles. The SMILES string of the molecule is CC(C)OC(=O)C(C)NP(=O)(Oc1ccccc1)OC(C)Cn1ccc2c(N)nc3ccccc3c21. The first-order chi connectivity index (χ1) is 17.1. The number of para-hydroxylation sites is 2. The highest BCUT2D eigenvalue weighted by Crippen LogP contribution is 2.46. The molecule has 0 saturated carbocycles. The predicted octanol–water partition coefficient (Wildman–Crippen LogP) is 5.29. The fourth-order valence-electron chi connectivity index (χ4n) is 3.96. The van der Waals surface area contributed by atoms with Crippen LogP contribution in [0, 0.1) is 0 Å². The van der Waals surface area contributed by atoms with Crippen molar-refractivity contribution in [2.45, 2.75) is 52.5 Å². The van der Waals surface area contributed by atoms with Gasteiger partial charge in [-0.2, -0.15) is 5.09 Å². The van der Waals surface area contributed by atoms with Crippen LogP contribution >= 0.6 is 7.75 Å². The third-order valence-corrected chi connectivity index (χ3v) is 7.23. The topological polar surface area (TPSA) is 118 Å². The molecule has 9 nitrogen and oxygen atoms in total. The van der Waals surface area contributed by atoms with Gasteiger partial charge in [-0.15, -0.1) is 0 Å². The van der Waals surface area contributed by atoms with Gasteiger partial charge in [-0.3, -0.25) is 9.32 Å². The molecule has 190 valence electrons. The number of carbonyl (C=O) groups is 1. The van der Waals surface area contributed by atoms with Crippen molar-refractivity contribution in [2.75, 3.05) is 5.73 Å². The number of hydrogen-bond donors (Lipinski definition) is 2. The highest BCUT2D eigenvalue weighted by atomic mass is 31.2. The van der Waals surface area contributed by atoms with Crippen molar-refractivity contribution in [3.63, 3.8) is 0 Å². The molecule has 3 unspecified atom stereocenters. The van der Waals surface area contributed by atoms with Crippen molar-refractivity contribution in [3.8, 4) is 5.75 Å². The van der Waals surface area contributed by atoms with E-state index in [-0.39, 0.29) is 6.10 Å². The molecule has 10 heteroatoms. The molecule has 3 atom stereocenters. The van der Waals surface area contributed by atoms with Gasteiger partial charge in [-0.25, -0.2) is 9.55 Å². The van der Waals surface area contributed by atoms with Crippen molar-refractivity contribution in [1.29, 1.82) is 0 Å². The van der Waals surface area contributed by atoms with Crippen LogP contribution in [0.3, 0.4) is 0 Å². The third-order valence-electron chi connectivity index (χ3n) is 5.44. The zero-order valence-electron chi connectivity index (χ0n) is 20.8. The molecule has 0 spiro atoms. The Balaban J connectivity index is 1.60. The minimum atomic E-state index is -3.99. The maximum Gasteiger partial charge on any atom is 0.459 e. The lowest BCUT2D eigenvalue weighted by molar-refractivity contribution is -0.149. The number of nitrogen functional groups attached to an aromatic ring is 1. The molecule has 4 rings (SSSR count). The highest BCUT2D eigenvalue weighted by molar-refractivity contribution is 7.52. The number of esters is 1. The minimum absolute atomic E-state index is 0.310. The van der Waals surface area contributed by atoms with Crippen molar-refractivity contribution in [2.24, 2.45) is 0 Å². The number of rotatable bonds is 10. The molecule has 2 heterocycles. The van der Waals surface area contributed by atoms with Gasteiger partial charge in [0.2, 0.25) is 0 Å². The number of ether oxygens (including phenoxy) is 1. The highest BCUT2D eigenvalue weighted by Gasteiger charge is 2.34. The lowest BCUT2D eigenvalue weighted by Crippen LogP contribution is -2.37. The number of carbonyl (C=O) groups excluding carboxylic acids is 1. The Labute approximate surface area is 210 Å². The first-order valence-corrected chi connectivity index (χ1v) is 13.3. The molecule has 0 fully saturated rings. The molecule has 2 aromatic carbocycles. The zero-order valence-corrected chi connectivity index (χ0v) is 21.6. The van der Waals surface area contributed by atoms with Crippen molar-refractivity contribution >= 4 is 41.3 Å². The fraction of sp³-hybridized carbons (Fsp3) is 0.308. The number of aromatic nitrogens is 2. The molecule has 4 aromatic rings. The normalized spacial score (nSPS) is 15.0. The van der Waals surface area contributed by atoms with Crippen LogP contribution in [0.4, 0.5) is 5.82 Å². The Hall–Kier alpha value is -3.39. The number of nitrogens with zero attached hydrogens (tertiary/aromatic N) is 2. The number of nitrogens with two attached hydrogens (primary N) is 1. The van der Waals surface area contributed by atoms with Gasteiger partial charge in [0.25, 0.3) is 0 Å². The number of pyridine rings is 1. The predicted molar refractivity (Wildman–Crippen MR) is 141 cm³/mol. The van der Waals surface area contributed by atoms with Gasteiger partial charge in [0.1, 0.15) is 17.6 Å². The number of hydrogen-bond acceptors (Lipinski definition) is 7. The van der Waals surface area contributed by atoms with E-state index < -0.39 is 25.9 Å². The van der Waals surface area contributed by atoms with E-state index in [0.29, 0.717) is 18.1 Å². The maximum absolute atomic E-state index is 13.8. The van der Waals surface area contributed by atoms with Gasteiger partial charge in [0, 0.05) is 23.5 Å². The first kappa shape index (κ1) is 25.7. The van der Waals surface area contributed by atoms with E-state index >= 15 is 0 Å². The van der Waals surface area contributed by atoms with E-state index in [0.717, 1.165) is 21.8 Å². The van der Waals surface area contributed by atoms with E-state index in [2.05, 4.69) is 10.1 Å². The van der Waals surface area contributed by atoms with Crippen LogP contribution in [-0.4, -0.2) is 33.8 Å². The van der Waals surface area contributed by atoms with E-state index in [9.17, 15) is 9.36 Å². The maximum atomic E-state index is 13.8. The summed E-state index contributed by atoms with van der Waals surface area (Å²) in [6.45, 7) is 7.19. The summed E-state index contributed by atoms with van der Waals surface area (Å²) in [4.78, 5) is 16.9. The summed E-state index contributed by atoms with van der Waals surface area (Å²) < 4.78 is 32.8. The Morgan fingerprint density at radius 2 is 1.72 bits per heavy atom. The monoisotopic (exact) mass is 510 g/mol. The average Bonchev–Trinajstić information content (AvgIpc) is 3.23. The summed E-state index contributed by atoms with van der Waals surface area (Å²) in [6, 6.07) is 17.4. The zero-order chi connectivity index (χ0) is 25.9. The Kier molecular flexibility index (Phi) is 7.64. The smallest absolute Gasteiger partial charge is 0.459 e. The van der Waals surface area contributed by atoms with Crippen LogP contribution in [0.15, 0.2) is 66.9 Å². The molecule has 0 aliphatic rings. The molecule has 0 radical (unpaired) electrons. The first-order valence-electron chi connectivity index (χ1n) is 11.8. The number of fused-ring (bicyclic) bond motifs is 3. The van der Waals surface area contributed by atoms with E-state index in [1.807, 2.05) is 47.2 Å². The van der Waals surface area contributed by atoms with Gasteiger partial charge in [-0.1, -0.05) is 36.4 Å². The second-order valence-electron chi connectivity index (χ2n) is 8.90. The fourth-order valence-corrected chi connectivity index (χ4v) is 5.64. The standard InChI is InChI=1S/C26H31N4O5P/c1-17(2)33-26(31)19(4)29-36(32,35-20-10-6-5-7-11-20)34-18(3)16-30-15-14-22-24(30)21-12-8-9-13-23(21)28-25(22)27/h5-15,17-19H,16H2,1-4H3,(H2,27,28)(H,29,32). The Morgan fingerprint density at radius 3 is 2.44 bits per heavy atom. The quantitative estimate of drug-likeness (QED) is 0.218. The molecular weight excluding hydrogens is 479 g/mol. The number of benzene rings is 2. The van der Waals surface area contributed by atoms with Gasteiger partial charge < -0.3 is 19.6 Å². The van der Waals surface area contributed by atoms with Crippen molar-refractivity contribution < 1.29 is 23.1 Å². The van der Waals surface area contributed by atoms with Crippen molar-refractivity contribution in [3.05, 3.63) is 66.9 Å². The summed E-state index contributed by atoms with van der Waals surface area (Å²) in [5.74, 6) is 0.235. The van der Waals surface area contributed by atoms with Gasteiger partial charge in [-0.05, 0) is 52.0 Å². The summed E-state index contributed by atoms with van der Waals surface area (Å²) in [5, 5.41) is 4.51. The third kappa shape index (κ3) is 5.87. The van der Waals surface area contributed by atoms with Crippen LogP contribution in [0.25, 0.3) is 21.8 Å². The lowest BCUT2D eigenvalue weighted by Gasteiger charge is -2.26. The van der Waals surface area contributed by atoms with Crippen LogP contribution in [0.5, 0.6) is 5.75 Å². The summed E-state index contributed by atoms with van der Waals surface area (Å²) >= 11 is 0. The summed E-state index contributed by atoms with van der Waals surface area (Å²) in [7, 11) is -3.99. The number of nitrogens with one attached hydrogen (secondary N) is 1. The van der Waals surface area contributed by atoms with Gasteiger partial charge in [0.15, 0.2) is 0 Å². The molecule has 0 saturated heterocycles. The van der Waals surface area contributed by atoms with Crippen molar-refractivity contribution in [1.82, 2.24) is 14.6 Å².